The molecule has 13 heteroatoms. The predicted octanol–water partition coefficient (Wildman–Crippen LogP) is 5.51. The highest BCUT2D eigenvalue weighted by atomic mass is 19.4. The van der Waals surface area contributed by atoms with Gasteiger partial charge < -0.3 is 14.6 Å². The summed E-state index contributed by atoms with van der Waals surface area (Å²) in [7, 11) is 3.04. The number of hydrogen-bond donors (Lipinski definition) is 2. The molecule has 1 aliphatic carbocycles. The van der Waals surface area contributed by atoms with Crippen LogP contribution in [-0.2, 0) is 19.8 Å². The van der Waals surface area contributed by atoms with Gasteiger partial charge in [0.25, 0.3) is 0 Å². The number of ether oxygens (including phenoxy) is 1. The van der Waals surface area contributed by atoms with Crippen molar-refractivity contribution in [3.63, 3.8) is 0 Å². The van der Waals surface area contributed by atoms with Gasteiger partial charge in [0.15, 0.2) is 17.3 Å². The third-order valence-corrected chi connectivity index (χ3v) is 5.95. The van der Waals surface area contributed by atoms with Crippen LogP contribution in [0, 0.1) is 5.53 Å². The number of nitrogens with one attached hydrogen (secondary N) is 2. The smallest absolute Gasteiger partial charge is 0.434 e. The van der Waals surface area contributed by atoms with Crippen LogP contribution in [0.1, 0.15) is 35.7 Å². The molecule has 0 bridgehead atoms. The molecule has 3 heterocycles. The Balaban J connectivity index is 1.38. The van der Waals surface area contributed by atoms with Crippen LogP contribution in [0.3, 0.4) is 0 Å². The van der Waals surface area contributed by atoms with Crippen molar-refractivity contribution in [3.8, 4) is 28.7 Å². The van der Waals surface area contributed by atoms with Crippen LogP contribution in [0.5, 0.6) is 5.88 Å². The molecule has 0 saturated heterocycles. The van der Waals surface area contributed by atoms with Crippen LogP contribution in [0.25, 0.3) is 22.8 Å². The minimum Gasteiger partial charge on any atom is -0.480 e. The van der Waals surface area contributed by atoms with Crippen molar-refractivity contribution in [1.82, 2.24) is 29.5 Å². The Kier molecular flexibility index (Phi) is 6.27. The van der Waals surface area contributed by atoms with E-state index in [1.165, 1.54) is 31.2 Å². The summed E-state index contributed by atoms with van der Waals surface area (Å²) in [5.41, 5.74) is 9.64. The van der Waals surface area contributed by atoms with Crippen LogP contribution in [0.15, 0.2) is 48.1 Å². The number of halogens is 3. The number of aromatic nitrogens is 6. The fourth-order valence-electron chi connectivity index (χ4n) is 3.95. The number of hydrogen-bond acceptors (Lipinski definition) is 9. The molecule has 0 spiro atoms. The molecule has 0 amide bonds. The molecule has 0 radical (unpaired) electrons. The van der Waals surface area contributed by atoms with Gasteiger partial charge in [0.1, 0.15) is 23.4 Å². The number of nitrogens with zero attached hydrogens (tertiary/aromatic N) is 7. The topological polar surface area (TPSA) is 127 Å². The van der Waals surface area contributed by atoms with Crippen molar-refractivity contribution in [1.29, 1.82) is 5.53 Å². The Morgan fingerprint density at radius 2 is 1.89 bits per heavy atom. The van der Waals surface area contributed by atoms with Gasteiger partial charge in [0, 0.05) is 31.3 Å². The Bertz CT molecular complexity index is 1450. The second kappa shape index (κ2) is 9.56. The van der Waals surface area contributed by atoms with Crippen molar-refractivity contribution < 1.29 is 17.9 Å². The third-order valence-electron chi connectivity index (χ3n) is 5.95. The summed E-state index contributed by atoms with van der Waals surface area (Å²) in [6.45, 7) is 0.325. The lowest BCUT2D eigenvalue weighted by molar-refractivity contribution is -0.140. The van der Waals surface area contributed by atoms with Gasteiger partial charge in [-0.1, -0.05) is 24.3 Å². The van der Waals surface area contributed by atoms with Gasteiger partial charge in [-0.25, -0.2) is 30.5 Å². The summed E-state index contributed by atoms with van der Waals surface area (Å²) >= 11 is 0. The van der Waals surface area contributed by atoms with Crippen LogP contribution in [0.4, 0.5) is 24.7 Å². The van der Waals surface area contributed by atoms with Crippen LogP contribution in [0.2, 0.25) is 0 Å². The average molecular weight is 509 g/mol. The standard InChI is InChI=1S/C24H22F3N9O/c1-36-11-17(24(25,26)27)33-22(36)15-5-3-13(4-6-15)9-29-20-16(35-28)10-30-21(34-20)18-19(14-7-8-14)31-12-32-23(18)37-2/h3-6,10-12,14,28H,7-9H2,1-2H3,(H,29,30,34). The molecular weight excluding hydrogens is 487 g/mol. The molecule has 1 saturated carbocycles. The first kappa shape index (κ1) is 24.3. The van der Waals surface area contributed by atoms with Crippen molar-refractivity contribution in [3.05, 3.63) is 59.9 Å². The summed E-state index contributed by atoms with van der Waals surface area (Å²) in [5, 5.41) is 6.68. The lowest BCUT2D eigenvalue weighted by atomic mass is 10.1. The predicted molar refractivity (Wildman–Crippen MR) is 127 cm³/mol. The van der Waals surface area contributed by atoms with Crippen LogP contribution < -0.4 is 10.1 Å². The van der Waals surface area contributed by atoms with Gasteiger partial charge in [-0.2, -0.15) is 18.3 Å². The van der Waals surface area contributed by atoms with Gasteiger partial charge in [-0.3, -0.25) is 0 Å². The zero-order chi connectivity index (χ0) is 26.2. The number of imidazole rings is 1. The van der Waals surface area contributed by atoms with E-state index in [0.29, 0.717) is 41.1 Å². The first-order valence-electron chi connectivity index (χ1n) is 11.4. The maximum Gasteiger partial charge on any atom is 0.434 e. The average Bonchev–Trinajstić information content (AvgIpc) is 3.67. The Morgan fingerprint density at radius 3 is 2.51 bits per heavy atom. The highest BCUT2D eigenvalue weighted by Crippen LogP contribution is 2.45. The van der Waals surface area contributed by atoms with Gasteiger partial charge in [-0.05, 0) is 18.4 Å². The van der Waals surface area contributed by atoms with Gasteiger partial charge in [-0.15, -0.1) is 0 Å². The van der Waals surface area contributed by atoms with Gasteiger partial charge in [0.05, 0.1) is 19.0 Å². The van der Waals surface area contributed by atoms with Crippen molar-refractivity contribution >= 4 is 11.5 Å². The molecule has 10 nitrogen and oxygen atoms in total. The van der Waals surface area contributed by atoms with Gasteiger partial charge >= 0.3 is 6.18 Å². The number of anilines is 1. The molecule has 1 aromatic carbocycles. The molecule has 0 aliphatic heterocycles. The maximum atomic E-state index is 13.0. The zero-order valence-corrected chi connectivity index (χ0v) is 19.9. The second-order valence-corrected chi connectivity index (χ2v) is 8.57. The van der Waals surface area contributed by atoms with E-state index in [9.17, 15) is 13.2 Å². The molecule has 1 fully saturated rings. The lowest BCUT2D eigenvalue weighted by Gasteiger charge is -2.13. The molecule has 0 atom stereocenters. The minimum atomic E-state index is -4.51. The molecule has 37 heavy (non-hydrogen) atoms. The molecular formula is C24H22F3N9O. The first-order chi connectivity index (χ1) is 17.8. The molecule has 1 aliphatic rings. The van der Waals surface area contributed by atoms with E-state index in [4.69, 9.17) is 10.3 Å². The Labute approximate surface area is 209 Å². The maximum absolute atomic E-state index is 13.0. The first-order valence-corrected chi connectivity index (χ1v) is 11.4. The SMILES string of the molecule is COc1ncnc(C2CC2)c1-c1ncc(N=N)c(NCc2ccc(-c3nc(C(F)(F)F)cn3C)cc2)n1. The fraction of sp³-hybridized carbons (Fsp3) is 0.292. The molecule has 4 aromatic rings. The fourth-order valence-corrected chi connectivity index (χ4v) is 3.95. The van der Waals surface area contributed by atoms with Crippen LogP contribution in [-0.4, -0.2) is 36.6 Å². The second-order valence-electron chi connectivity index (χ2n) is 8.57. The number of rotatable bonds is 8. The summed E-state index contributed by atoms with van der Waals surface area (Å²) in [6.07, 6.45) is 1.40. The zero-order valence-electron chi connectivity index (χ0n) is 19.9. The monoisotopic (exact) mass is 509 g/mol. The summed E-state index contributed by atoms with van der Waals surface area (Å²) < 4.78 is 45.8. The van der Waals surface area contributed by atoms with E-state index >= 15 is 0 Å². The van der Waals surface area contributed by atoms with Crippen molar-refractivity contribution in [2.75, 3.05) is 12.4 Å². The van der Waals surface area contributed by atoms with Crippen molar-refractivity contribution in [2.45, 2.75) is 31.5 Å². The Hall–Kier alpha value is -4.42. The molecule has 3 aromatic heterocycles. The number of alkyl halides is 3. The van der Waals surface area contributed by atoms with E-state index in [0.717, 1.165) is 30.3 Å². The van der Waals surface area contributed by atoms with Gasteiger partial charge in [0.2, 0.25) is 5.88 Å². The lowest BCUT2D eigenvalue weighted by Crippen LogP contribution is -2.06. The van der Waals surface area contributed by atoms with Crippen molar-refractivity contribution in [2.24, 2.45) is 12.2 Å². The van der Waals surface area contributed by atoms with Crippen LogP contribution >= 0.6 is 0 Å². The summed E-state index contributed by atoms with van der Waals surface area (Å²) in [6, 6.07) is 6.97. The normalized spacial score (nSPS) is 13.4. The van der Waals surface area contributed by atoms with E-state index in [-0.39, 0.29) is 11.5 Å². The highest BCUT2D eigenvalue weighted by Gasteiger charge is 2.34. The van der Waals surface area contributed by atoms with E-state index in [1.54, 1.807) is 24.3 Å². The molecule has 0 unspecified atom stereocenters. The molecule has 5 rings (SSSR count). The summed E-state index contributed by atoms with van der Waals surface area (Å²) in [4.78, 5) is 21.3. The molecule has 2 N–H and O–H groups in total. The third kappa shape index (κ3) is 4.97. The minimum absolute atomic E-state index is 0.216. The summed E-state index contributed by atoms with van der Waals surface area (Å²) in [5.74, 6) is 1.59. The number of methoxy groups -OCH3 is 1. The van der Waals surface area contributed by atoms with E-state index in [2.05, 4.69) is 35.4 Å². The van der Waals surface area contributed by atoms with E-state index < -0.39 is 11.9 Å². The molecule has 190 valence electrons. The van der Waals surface area contributed by atoms with E-state index in [1.807, 2.05) is 0 Å². The number of aryl methyl sites for hydroxylation is 1. The number of benzene rings is 1. The highest BCUT2D eigenvalue weighted by molar-refractivity contribution is 5.70. The largest absolute Gasteiger partial charge is 0.480 e. The Morgan fingerprint density at radius 1 is 1.14 bits per heavy atom. The quantitative estimate of drug-likeness (QED) is 0.300.